The van der Waals surface area contributed by atoms with Gasteiger partial charge in [-0.1, -0.05) is 29.8 Å². The number of para-hydroxylation sites is 1. The van der Waals surface area contributed by atoms with Crippen LogP contribution in [0.15, 0.2) is 52.5 Å². The van der Waals surface area contributed by atoms with E-state index >= 15 is 0 Å². The third kappa shape index (κ3) is 3.85. The first kappa shape index (κ1) is 13.1. The summed E-state index contributed by atoms with van der Waals surface area (Å²) in [5.74, 6) is 0.552. The molecule has 0 saturated carbocycles. The zero-order chi connectivity index (χ0) is 13.7. The van der Waals surface area contributed by atoms with Crippen molar-refractivity contribution in [3.05, 3.63) is 53.8 Å². The van der Waals surface area contributed by atoms with E-state index in [4.69, 9.17) is 4.42 Å². The molecule has 0 unspecified atom stereocenters. The molecule has 0 aliphatic rings. The molecule has 0 saturated heterocycles. The lowest BCUT2D eigenvalue weighted by molar-refractivity contribution is -0.116. The number of nitrogens with one attached hydrogen (secondary N) is 1. The first-order chi connectivity index (χ1) is 9.15. The fourth-order valence-electron chi connectivity index (χ4n) is 1.66. The molecule has 3 nitrogen and oxygen atoms in total. The number of amides is 1. The van der Waals surface area contributed by atoms with Gasteiger partial charge in [0, 0.05) is 18.0 Å². The molecule has 0 aliphatic heterocycles. The Morgan fingerprint density at radius 2 is 2.11 bits per heavy atom. The van der Waals surface area contributed by atoms with Gasteiger partial charge in [0.1, 0.15) is 11.3 Å². The summed E-state index contributed by atoms with van der Waals surface area (Å²) >= 11 is 0. The quantitative estimate of drug-likeness (QED) is 0.670. The van der Waals surface area contributed by atoms with E-state index in [2.05, 4.69) is 5.32 Å². The summed E-state index contributed by atoms with van der Waals surface area (Å²) in [7, 11) is 0. The predicted octanol–water partition coefficient (Wildman–Crippen LogP) is 3.53. The maximum absolute atomic E-state index is 11.5. The normalized spacial score (nSPS) is 10.8. The smallest absolute Gasteiger partial charge is 0.244 e. The number of rotatable bonds is 4. The molecule has 0 atom stereocenters. The van der Waals surface area contributed by atoms with Gasteiger partial charge in [-0.25, -0.2) is 0 Å². The van der Waals surface area contributed by atoms with E-state index in [0.717, 1.165) is 11.0 Å². The average Bonchev–Trinajstić information content (AvgIpc) is 2.78. The highest BCUT2D eigenvalue weighted by Gasteiger charge is 2.00. The fraction of sp³-hybridized carbons (Fsp3) is 0.188. The molecule has 1 N–H and O–H groups in total. The minimum absolute atomic E-state index is 0.127. The van der Waals surface area contributed by atoms with Gasteiger partial charge in [0.2, 0.25) is 5.91 Å². The van der Waals surface area contributed by atoms with E-state index in [1.807, 2.05) is 50.3 Å². The van der Waals surface area contributed by atoms with Crippen molar-refractivity contribution in [2.75, 3.05) is 6.54 Å². The number of allylic oxidation sites excluding steroid dienone is 1. The third-order valence-electron chi connectivity index (χ3n) is 2.63. The first-order valence-electron chi connectivity index (χ1n) is 6.23. The van der Waals surface area contributed by atoms with Crippen molar-refractivity contribution in [1.82, 2.24) is 5.32 Å². The van der Waals surface area contributed by atoms with Crippen molar-refractivity contribution in [2.24, 2.45) is 0 Å². The highest BCUT2D eigenvalue weighted by molar-refractivity contribution is 5.92. The summed E-state index contributed by atoms with van der Waals surface area (Å²) in [6, 6.07) is 9.67. The van der Waals surface area contributed by atoms with Gasteiger partial charge in [0.05, 0.1) is 0 Å². The molecular formula is C16H17NO2. The average molecular weight is 255 g/mol. The van der Waals surface area contributed by atoms with Crippen LogP contribution in [0.25, 0.3) is 17.0 Å². The molecule has 0 bridgehead atoms. The fourth-order valence-corrected chi connectivity index (χ4v) is 1.66. The Balaban J connectivity index is 1.98. The number of carbonyl (C=O) groups excluding carboxylic acids is 1. The highest BCUT2D eigenvalue weighted by atomic mass is 16.3. The number of hydrogen-bond donors (Lipinski definition) is 1. The van der Waals surface area contributed by atoms with E-state index in [-0.39, 0.29) is 5.91 Å². The van der Waals surface area contributed by atoms with E-state index in [1.54, 1.807) is 6.08 Å². The maximum atomic E-state index is 11.5. The van der Waals surface area contributed by atoms with Crippen LogP contribution in [0.1, 0.15) is 19.6 Å². The Hall–Kier alpha value is -2.29. The minimum Gasteiger partial charge on any atom is -0.457 e. The Bertz CT molecular complexity index is 598. The van der Waals surface area contributed by atoms with E-state index < -0.39 is 0 Å². The van der Waals surface area contributed by atoms with E-state index in [9.17, 15) is 4.79 Å². The Morgan fingerprint density at radius 3 is 2.84 bits per heavy atom. The molecule has 98 valence electrons. The summed E-state index contributed by atoms with van der Waals surface area (Å²) in [5.41, 5.74) is 2.01. The van der Waals surface area contributed by atoms with Crippen LogP contribution in [0.3, 0.4) is 0 Å². The lowest BCUT2D eigenvalue weighted by Crippen LogP contribution is -2.20. The monoisotopic (exact) mass is 255 g/mol. The molecule has 2 rings (SSSR count). The summed E-state index contributed by atoms with van der Waals surface area (Å²) in [4.78, 5) is 11.5. The van der Waals surface area contributed by atoms with Gasteiger partial charge < -0.3 is 9.73 Å². The highest BCUT2D eigenvalue weighted by Crippen LogP contribution is 2.19. The number of furan rings is 1. The molecule has 1 amide bonds. The van der Waals surface area contributed by atoms with Gasteiger partial charge >= 0.3 is 0 Å². The second-order valence-corrected chi connectivity index (χ2v) is 4.55. The van der Waals surface area contributed by atoms with Crippen molar-refractivity contribution in [1.29, 1.82) is 0 Å². The van der Waals surface area contributed by atoms with Gasteiger partial charge in [-0.15, -0.1) is 0 Å². The Labute approximate surface area is 112 Å². The number of hydrogen-bond acceptors (Lipinski definition) is 2. The van der Waals surface area contributed by atoms with Gasteiger partial charge in [0.15, 0.2) is 0 Å². The van der Waals surface area contributed by atoms with Crippen molar-refractivity contribution in [2.45, 2.75) is 13.8 Å². The van der Waals surface area contributed by atoms with E-state index in [0.29, 0.717) is 12.3 Å². The zero-order valence-electron chi connectivity index (χ0n) is 11.1. The number of fused-ring (bicyclic) bond motifs is 1. The molecule has 0 aliphatic carbocycles. The Kier molecular flexibility index (Phi) is 4.18. The molecule has 1 aromatic carbocycles. The number of carbonyl (C=O) groups is 1. The van der Waals surface area contributed by atoms with Crippen molar-refractivity contribution in [3.63, 3.8) is 0 Å². The summed E-state index contributed by atoms with van der Waals surface area (Å²) in [6.45, 7) is 4.54. The van der Waals surface area contributed by atoms with Crippen molar-refractivity contribution in [3.8, 4) is 0 Å². The van der Waals surface area contributed by atoms with Crippen LogP contribution in [0, 0.1) is 0 Å². The van der Waals surface area contributed by atoms with Crippen LogP contribution < -0.4 is 5.32 Å². The van der Waals surface area contributed by atoms with Crippen LogP contribution in [0.4, 0.5) is 0 Å². The summed E-state index contributed by atoms with van der Waals surface area (Å²) < 4.78 is 5.58. The van der Waals surface area contributed by atoms with Crippen molar-refractivity contribution >= 4 is 23.0 Å². The summed E-state index contributed by atoms with van der Waals surface area (Å²) in [6.07, 6.45) is 5.13. The standard InChI is InChI=1S/C16H17NO2/c1-12(2)9-10-17-16(18)8-7-14-11-13-5-3-4-6-15(13)19-14/h3-9,11H,10H2,1-2H3,(H,17,18)/b8-7+. The third-order valence-corrected chi connectivity index (χ3v) is 2.63. The van der Waals surface area contributed by atoms with Crippen LogP contribution in [-0.2, 0) is 4.79 Å². The van der Waals surface area contributed by atoms with Crippen molar-refractivity contribution < 1.29 is 9.21 Å². The molecule has 0 fully saturated rings. The molecule has 2 aromatic rings. The van der Waals surface area contributed by atoms with Crippen LogP contribution in [-0.4, -0.2) is 12.5 Å². The maximum Gasteiger partial charge on any atom is 0.244 e. The van der Waals surface area contributed by atoms with Gasteiger partial charge in [0.25, 0.3) is 0 Å². The predicted molar refractivity (Wildman–Crippen MR) is 77.7 cm³/mol. The van der Waals surface area contributed by atoms with Crippen LogP contribution >= 0.6 is 0 Å². The topological polar surface area (TPSA) is 42.2 Å². The molecule has 19 heavy (non-hydrogen) atoms. The van der Waals surface area contributed by atoms with Crippen LogP contribution in [0.5, 0.6) is 0 Å². The second-order valence-electron chi connectivity index (χ2n) is 4.55. The molecule has 0 radical (unpaired) electrons. The molecule has 0 spiro atoms. The minimum atomic E-state index is -0.127. The summed E-state index contributed by atoms with van der Waals surface area (Å²) in [5, 5.41) is 3.81. The molecule has 3 heteroatoms. The molecule has 1 aromatic heterocycles. The SMILES string of the molecule is CC(C)=CCNC(=O)/C=C/c1cc2ccccc2o1. The molecular weight excluding hydrogens is 238 g/mol. The lowest BCUT2D eigenvalue weighted by Gasteiger charge is -1.96. The second kappa shape index (κ2) is 6.05. The van der Waals surface area contributed by atoms with Crippen LogP contribution in [0.2, 0.25) is 0 Å². The first-order valence-corrected chi connectivity index (χ1v) is 6.23. The number of benzene rings is 1. The zero-order valence-corrected chi connectivity index (χ0v) is 11.1. The van der Waals surface area contributed by atoms with Gasteiger partial charge in [-0.3, -0.25) is 4.79 Å². The van der Waals surface area contributed by atoms with Gasteiger partial charge in [-0.2, -0.15) is 0 Å². The largest absolute Gasteiger partial charge is 0.457 e. The Morgan fingerprint density at radius 1 is 1.32 bits per heavy atom. The molecule has 1 heterocycles. The lowest BCUT2D eigenvalue weighted by atomic mass is 10.2. The van der Waals surface area contributed by atoms with E-state index in [1.165, 1.54) is 11.6 Å². The van der Waals surface area contributed by atoms with Gasteiger partial charge in [-0.05, 0) is 32.1 Å².